The number of carbonyl (C=O) groups excluding carboxylic acids is 1. The van der Waals surface area contributed by atoms with Crippen LogP contribution in [0.3, 0.4) is 0 Å². The first-order chi connectivity index (χ1) is 10.0. The summed E-state index contributed by atoms with van der Waals surface area (Å²) in [5.74, 6) is 1.22. The number of hydrogen-bond donors (Lipinski definition) is 1. The van der Waals surface area contributed by atoms with Crippen LogP contribution in [0.5, 0.6) is 0 Å². The van der Waals surface area contributed by atoms with E-state index in [1.54, 1.807) is 6.08 Å². The lowest BCUT2D eigenvalue weighted by atomic mass is 9.46. The average Bonchev–Trinajstić information content (AvgIpc) is 2.45. The number of allylic oxidation sites excluding steroid dienone is 2. The molecule has 0 bridgehead atoms. The molecule has 1 N–H and O–H groups in total. The Morgan fingerprint density at radius 2 is 2.14 bits per heavy atom. The van der Waals surface area contributed by atoms with Gasteiger partial charge in [0.05, 0.1) is 5.60 Å². The predicted octanol–water partition coefficient (Wildman–Crippen LogP) is 4.68. The van der Waals surface area contributed by atoms with Crippen LogP contribution in [-0.4, -0.2) is 16.5 Å². The van der Waals surface area contributed by atoms with Gasteiger partial charge < -0.3 is 5.11 Å². The van der Waals surface area contributed by atoms with E-state index in [9.17, 15) is 9.90 Å². The van der Waals surface area contributed by atoms with Crippen molar-refractivity contribution < 1.29 is 9.90 Å². The summed E-state index contributed by atoms with van der Waals surface area (Å²) in [5.41, 5.74) is 0.655. The third-order valence-electron chi connectivity index (χ3n) is 7.08. The molecule has 0 spiro atoms. The molecule has 0 saturated heterocycles. The van der Waals surface area contributed by atoms with E-state index in [1.165, 1.54) is 18.4 Å². The Balaban J connectivity index is 2.34. The van der Waals surface area contributed by atoms with Crippen molar-refractivity contribution in [3.05, 3.63) is 24.3 Å². The Labute approximate surface area is 135 Å². The van der Waals surface area contributed by atoms with E-state index >= 15 is 0 Å². The second-order valence-electron chi connectivity index (χ2n) is 8.47. The lowest BCUT2D eigenvalue weighted by molar-refractivity contribution is -0.124. The summed E-state index contributed by atoms with van der Waals surface area (Å²) < 4.78 is 0. The van der Waals surface area contributed by atoms with Gasteiger partial charge >= 0.3 is 0 Å². The average molecular weight is 304 g/mol. The molecule has 0 aromatic carbocycles. The van der Waals surface area contributed by atoms with Crippen molar-refractivity contribution in [3.8, 4) is 0 Å². The van der Waals surface area contributed by atoms with E-state index in [4.69, 9.17) is 0 Å². The van der Waals surface area contributed by atoms with Gasteiger partial charge in [0.1, 0.15) is 0 Å². The van der Waals surface area contributed by atoms with Crippen LogP contribution in [0, 0.1) is 22.7 Å². The highest BCUT2D eigenvalue weighted by atomic mass is 16.3. The van der Waals surface area contributed by atoms with E-state index < -0.39 is 5.60 Å². The fourth-order valence-electron chi connectivity index (χ4n) is 4.73. The molecular formula is C20H32O2. The first-order valence-electron chi connectivity index (χ1n) is 8.63. The van der Waals surface area contributed by atoms with Crippen LogP contribution in [-0.2, 0) is 4.79 Å². The van der Waals surface area contributed by atoms with Crippen molar-refractivity contribution in [1.29, 1.82) is 0 Å². The molecule has 0 amide bonds. The van der Waals surface area contributed by atoms with Gasteiger partial charge in [0, 0.05) is 6.42 Å². The van der Waals surface area contributed by atoms with Gasteiger partial charge in [-0.3, -0.25) is 4.79 Å². The zero-order chi connectivity index (χ0) is 16.8. The van der Waals surface area contributed by atoms with Gasteiger partial charge in [-0.25, -0.2) is 0 Å². The first-order valence-corrected chi connectivity index (χ1v) is 8.63. The highest BCUT2D eigenvalue weighted by Gasteiger charge is 2.54. The summed E-state index contributed by atoms with van der Waals surface area (Å²) in [6, 6.07) is 0. The molecule has 1 unspecified atom stereocenters. The molecule has 0 radical (unpaired) electrons. The van der Waals surface area contributed by atoms with Crippen LogP contribution < -0.4 is 0 Å². The first kappa shape index (κ1) is 17.5. The lowest BCUT2D eigenvalue weighted by Gasteiger charge is -2.58. The maximum atomic E-state index is 12.2. The van der Waals surface area contributed by atoms with Crippen molar-refractivity contribution in [2.24, 2.45) is 22.7 Å². The molecule has 2 aliphatic rings. The van der Waals surface area contributed by atoms with Gasteiger partial charge in [0.15, 0.2) is 5.78 Å². The summed E-state index contributed by atoms with van der Waals surface area (Å²) in [7, 11) is 0. The normalized spacial score (nSPS) is 41.4. The van der Waals surface area contributed by atoms with Crippen molar-refractivity contribution in [3.63, 3.8) is 0 Å². The fourth-order valence-corrected chi connectivity index (χ4v) is 4.73. The van der Waals surface area contributed by atoms with Crippen LogP contribution in [0.25, 0.3) is 0 Å². The minimum atomic E-state index is -0.819. The van der Waals surface area contributed by atoms with E-state index in [0.29, 0.717) is 24.7 Å². The van der Waals surface area contributed by atoms with Gasteiger partial charge in [0.2, 0.25) is 0 Å². The Morgan fingerprint density at radius 1 is 1.50 bits per heavy atom. The highest BCUT2D eigenvalue weighted by Crippen LogP contribution is 2.61. The summed E-state index contributed by atoms with van der Waals surface area (Å²) >= 11 is 0. The summed E-state index contributed by atoms with van der Waals surface area (Å²) in [6.45, 7) is 14.7. The minimum absolute atomic E-state index is 0.0885. The minimum Gasteiger partial charge on any atom is -0.386 e. The van der Waals surface area contributed by atoms with Crippen molar-refractivity contribution in [2.45, 2.75) is 72.3 Å². The molecule has 1 fully saturated rings. The third kappa shape index (κ3) is 2.82. The Bertz CT molecular complexity index is 502. The predicted molar refractivity (Wildman–Crippen MR) is 91.5 cm³/mol. The third-order valence-corrected chi connectivity index (χ3v) is 7.08. The second kappa shape index (κ2) is 5.63. The quantitative estimate of drug-likeness (QED) is 0.766. The van der Waals surface area contributed by atoms with Crippen LogP contribution >= 0.6 is 0 Å². The summed E-state index contributed by atoms with van der Waals surface area (Å²) in [5, 5.41) is 10.3. The molecule has 1 saturated carbocycles. The maximum absolute atomic E-state index is 12.2. The molecule has 124 valence electrons. The number of ketones is 1. The smallest absolute Gasteiger partial charge is 0.155 e. The van der Waals surface area contributed by atoms with Crippen molar-refractivity contribution in [2.75, 3.05) is 0 Å². The number of aliphatic hydroxyl groups is 1. The molecule has 0 heterocycles. The van der Waals surface area contributed by atoms with Gasteiger partial charge in [-0.2, -0.15) is 0 Å². The zero-order valence-corrected chi connectivity index (χ0v) is 14.9. The Morgan fingerprint density at radius 3 is 2.73 bits per heavy atom. The van der Waals surface area contributed by atoms with Crippen molar-refractivity contribution in [1.82, 2.24) is 0 Å². The molecule has 2 aliphatic carbocycles. The van der Waals surface area contributed by atoms with Crippen LogP contribution in [0.2, 0.25) is 0 Å². The fraction of sp³-hybridized carbons (Fsp3) is 0.750. The van der Waals surface area contributed by atoms with Crippen molar-refractivity contribution >= 4 is 5.78 Å². The molecule has 2 nitrogen and oxygen atoms in total. The van der Waals surface area contributed by atoms with E-state index in [1.807, 2.05) is 13.0 Å². The molecule has 5 atom stereocenters. The molecule has 2 rings (SSSR count). The van der Waals surface area contributed by atoms with Gasteiger partial charge in [-0.05, 0) is 68.3 Å². The SMILES string of the molecule is C=CC(C)(O)CC[C@@]1(C)[C@H](C)CC[C@@]2(C)C(C)=CC(=O)C[C@H]12. The highest BCUT2D eigenvalue weighted by molar-refractivity contribution is 5.92. The van der Waals surface area contributed by atoms with E-state index in [2.05, 4.69) is 34.3 Å². The van der Waals surface area contributed by atoms with E-state index in [0.717, 1.165) is 6.42 Å². The van der Waals surface area contributed by atoms with E-state index in [-0.39, 0.29) is 16.6 Å². The maximum Gasteiger partial charge on any atom is 0.155 e. The lowest BCUT2D eigenvalue weighted by Crippen LogP contribution is -2.51. The molecule has 0 aromatic rings. The monoisotopic (exact) mass is 304 g/mol. The molecular weight excluding hydrogens is 272 g/mol. The molecule has 0 aromatic heterocycles. The molecule has 2 heteroatoms. The van der Waals surface area contributed by atoms with Crippen LogP contribution in [0.15, 0.2) is 24.3 Å². The summed E-state index contributed by atoms with van der Waals surface area (Å²) in [4.78, 5) is 12.2. The molecule has 0 aliphatic heterocycles. The largest absolute Gasteiger partial charge is 0.386 e. The Kier molecular flexibility index (Phi) is 4.47. The zero-order valence-electron chi connectivity index (χ0n) is 14.9. The Hall–Kier alpha value is -0.890. The van der Waals surface area contributed by atoms with Gasteiger partial charge in [-0.15, -0.1) is 6.58 Å². The summed E-state index contributed by atoms with van der Waals surface area (Å²) in [6.07, 6.45) is 8.17. The molecule has 22 heavy (non-hydrogen) atoms. The second-order valence-corrected chi connectivity index (χ2v) is 8.47. The van der Waals surface area contributed by atoms with Crippen LogP contribution in [0.4, 0.5) is 0 Å². The van der Waals surface area contributed by atoms with Crippen LogP contribution in [0.1, 0.15) is 66.7 Å². The van der Waals surface area contributed by atoms with Gasteiger partial charge in [-0.1, -0.05) is 32.4 Å². The number of hydrogen-bond acceptors (Lipinski definition) is 2. The standard InChI is InChI=1S/C20H32O2/c1-7-18(4,22)10-11-20(6)14(2)8-9-19(5)15(3)12-16(21)13-17(19)20/h7,12,14,17,22H,1,8-11,13H2,2-6H3/t14-,17+,18?,19+,20+/m1/s1. The number of rotatable bonds is 4. The number of fused-ring (bicyclic) bond motifs is 1. The number of carbonyl (C=O) groups is 1. The topological polar surface area (TPSA) is 37.3 Å². The van der Waals surface area contributed by atoms with Gasteiger partial charge in [0.25, 0.3) is 0 Å².